The molecule has 0 fully saturated rings. The minimum absolute atomic E-state index is 0.148. The van der Waals surface area contributed by atoms with Crippen molar-refractivity contribution in [2.75, 3.05) is 0 Å². The lowest BCUT2D eigenvalue weighted by Gasteiger charge is -2.10. The van der Waals surface area contributed by atoms with Gasteiger partial charge in [0.1, 0.15) is 16.7 Å². The average molecular weight is 460 g/mol. The number of nitrogens with zero attached hydrogens (tertiary/aromatic N) is 7. The van der Waals surface area contributed by atoms with Gasteiger partial charge in [-0.25, -0.2) is 15.0 Å². The molecule has 4 heterocycles. The van der Waals surface area contributed by atoms with Gasteiger partial charge in [-0.3, -0.25) is 14.3 Å². The Kier molecular flexibility index (Phi) is 5.11. The summed E-state index contributed by atoms with van der Waals surface area (Å²) in [5, 5.41) is 5.03. The lowest BCUT2D eigenvalue weighted by atomic mass is 10.1. The van der Waals surface area contributed by atoms with Crippen LogP contribution in [0.2, 0.25) is 0 Å². The summed E-state index contributed by atoms with van der Waals surface area (Å²) in [5.41, 5.74) is 4.53. The van der Waals surface area contributed by atoms with Crippen LogP contribution in [0, 0.1) is 6.92 Å². The third-order valence-corrected chi connectivity index (χ3v) is 5.99. The Labute approximate surface area is 200 Å². The molecule has 0 amide bonds. The second kappa shape index (κ2) is 8.57. The van der Waals surface area contributed by atoms with Gasteiger partial charge in [0.05, 0.1) is 22.9 Å². The number of aromatic nitrogens is 6. The standard InChI is InChI=1S/C27H21N7O/c1-18-30-25-23(27(35)33(18)16-14-19-9-3-2-4-10-19)24-26(32-22-13-6-5-12-21(22)31-24)34(25)29-17-20-11-7-8-15-28-20/h2-13,15,17H,14,16H2,1H3/b29-17+. The number of para-hydroxylation sites is 2. The fraction of sp³-hybridized carbons (Fsp3) is 0.111. The van der Waals surface area contributed by atoms with Crippen molar-refractivity contribution in [2.24, 2.45) is 5.10 Å². The van der Waals surface area contributed by atoms with E-state index in [-0.39, 0.29) is 5.56 Å². The van der Waals surface area contributed by atoms with Crippen molar-refractivity contribution in [3.8, 4) is 0 Å². The van der Waals surface area contributed by atoms with Gasteiger partial charge in [0, 0.05) is 12.7 Å². The number of fused-ring (bicyclic) bond motifs is 4. The first kappa shape index (κ1) is 20.9. The van der Waals surface area contributed by atoms with Gasteiger partial charge >= 0.3 is 0 Å². The highest BCUT2D eigenvalue weighted by Gasteiger charge is 2.21. The molecule has 0 saturated carbocycles. The van der Waals surface area contributed by atoms with E-state index in [4.69, 9.17) is 15.0 Å². The lowest BCUT2D eigenvalue weighted by molar-refractivity contribution is 0.636. The number of benzene rings is 2. The van der Waals surface area contributed by atoms with Crippen LogP contribution in [-0.2, 0) is 13.0 Å². The summed E-state index contributed by atoms with van der Waals surface area (Å²) in [5.74, 6) is 0.611. The second-order valence-electron chi connectivity index (χ2n) is 8.25. The Bertz CT molecular complexity index is 1770. The van der Waals surface area contributed by atoms with Crippen molar-refractivity contribution < 1.29 is 0 Å². The second-order valence-corrected chi connectivity index (χ2v) is 8.25. The molecule has 8 nitrogen and oxygen atoms in total. The first-order chi connectivity index (χ1) is 17.2. The van der Waals surface area contributed by atoms with Gasteiger partial charge < -0.3 is 0 Å². The number of rotatable bonds is 5. The molecule has 0 unspecified atom stereocenters. The molecular weight excluding hydrogens is 438 g/mol. The smallest absolute Gasteiger partial charge is 0.265 e. The molecule has 6 rings (SSSR count). The molecule has 0 aliphatic rings. The maximum absolute atomic E-state index is 13.8. The quantitative estimate of drug-likeness (QED) is 0.362. The van der Waals surface area contributed by atoms with Gasteiger partial charge in [-0.2, -0.15) is 9.78 Å². The van der Waals surface area contributed by atoms with E-state index in [9.17, 15) is 4.79 Å². The average Bonchev–Trinajstić information content (AvgIpc) is 3.19. The van der Waals surface area contributed by atoms with E-state index in [1.54, 1.807) is 21.7 Å². The minimum atomic E-state index is -0.148. The van der Waals surface area contributed by atoms with Crippen LogP contribution in [0.1, 0.15) is 17.1 Å². The topological polar surface area (TPSA) is 90.8 Å². The Morgan fingerprint density at radius 3 is 2.37 bits per heavy atom. The van der Waals surface area contributed by atoms with Crippen LogP contribution in [0.3, 0.4) is 0 Å². The van der Waals surface area contributed by atoms with E-state index in [1.165, 1.54) is 0 Å². The Hall–Kier alpha value is -4.72. The molecule has 0 spiro atoms. The first-order valence-corrected chi connectivity index (χ1v) is 11.4. The molecule has 0 atom stereocenters. The molecular formula is C27H21N7O. The summed E-state index contributed by atoms with van der Waals surface area (Å²) >= 11 is 0. The molecule has 4 aromatic heterocycles. The molecule has 0 bridgehead atoms. The molecule has 0 aliphatic carbocycles. The number of hydrogen-bond donors (Lipinski definition) is 0. The third kappa shape index (κ3) is 3.74. The van der Waals surface area contributed by atoms with Crippen LogP contribution in [0.25, 0.3) is 33.2 Å². The van der Waals surface area contributed by atoms with Crippen LogP contribution in [-0.4, -0.2) is 35.4 Å². The fourth-order valence-electron chi connectivity index (χ4n) is 4.24. The van der Waals surface area contributed by atoms with E-state index in [1.807, 2.05) is 67.6 Å². The van der Waals surface area contributed by atoms with Crippen molar-refractivity contribution in [2.45, 2.75) is 19.9 Å². The highest BCUT2D eigenvalue weighted by atomic mass is 16.1. The molecule has 0 N–H and O–H groups in total. The lowest BCUT2D eigenvalue weighted by Crippen LogP contribution is -2.25. The molecule has 0 aliphatic heterocycles. The fourth-order valence-corrected chi connectivity index (χ4v) is 4.24. The molecule has 0 radical (unpaired) electrons. The Morgan fingerprint density at radius 1 is 0.857 bits per heavy atom. The van der Waals surface area contributed by atoms with Crippen LogP contribution >= 0.6 is 0 Å². The molecule has 8 heteroatoms. The number of aryl methyl sites for hydroxylation is 2. The van der Waals surface area contributed by atoms with Crippen LogP contribution in [0.5, 0.6) is 0 Å². The summed E-state index contributed by atoms with van der Waals surface area (Å²) in [7, 11) is 0. The maximum atomic E-state index is 13.8. The SMILES string of the molecule is Cc1nc2c(c(=O)n1CCc1ccccc1)c1nc3ccccc3nc1n2/N=C/c1ccccn1. The van der Waals surface area contributed by atoms with Gasteiger partial charge in [-0.1, -0.05) is 48.5 Å². The minimum Gasteiger partial charge on any atom is -0.296 e. The molecule has 0 saturated heterocycles. The van der Waals surface area contributed by atoms with Crippen LogP contribution in [0.15, 0.2) is 88.9 Å². The summed E-state index contributed by atoms with van der Waals surface area (Å²) in [4.78, 5) is 32.5. The molecule has 170 valence electrons. The van der Waals surface area contributed by atoms with E-state index < -0.39 is 0 Å². The summed E-state index contributed by atoms with van der Waals surface area (Å²) in [6, 6.07) is 23.3. The summed E-state index contributed by atoms with van der Waals surface area (Å²) < 4.78 is 3.30. The molecule has 35 heavy (non-hydrogen) atoms. The Balaban J connectivity index is 1.58. The maximum Gasteiger partial charge on any atom is 0.265 e. The zero-order valence-corrected chi connectivity index (χ0v) is 19.0. The van der Waals surface area contributed by atoms with Gasteiger partial charge in [-0.05, 0) is 43.2 Å². The van der Waals surface area contributed by atoms with Crippen molar-refractivity contribution in [3.05, 3.63) is 106 Å². The van der Waals surface area contributed by atoms with Crippen molar-refractivity contribution in [1.29, 1.82) is 0 Å². The van der Waals surface area contributed by atoms with Gasteiger partial charge in [0.15, 0.2) is 11.3 Å². The number of hydrogen-bond acceptors (Lipinski definition) is 6. The van der Waals surface area contributed by atoms with Crippen molar-refractivity contribution >= 4 is 39.4 Å². The van der Waals surface area contributed by atoms with Gasteiger partial charge in [-0.15, -0.1) is 0 Å². The molecule has 2 aromatic carbocycles. The van der Waals surface area contributed by atoms with E-state index in [2.05, 4.69) is 22.2 Å². The van der Waals surface area contributed by atoms with Crippen LogP contribution in [0.4, 0.5) is 0 Å². The largest absolute Gasteiger partial charge is 0.296 e. The van der Waals surface area contributed by atoms with E-state index >= 15 is 0 Å². The highest BCUT2D eigenvalue weighted by Crippen LogP contribution is 2.25. The van der Waals surface area contributed by atoms with Crippen LogP contribution < -0.4 is 5.56 Å². The van der Waals surface area contributed by atoms with Gasteiger partial charge in [0.2, 0.25) is 0 Å². The van der Waals surface area contributed by atoms with Crippen molar-refractivity contribution in [3.63, 3.8) is 0 Å². The normalized spacial score (nSPS) is 11.8. The zero-order valence-electron chi connectivity index (χ0n) is 19.0. The van der Waals surface area contributed by atoms with Crippen molar-refractivity contribution in [1.82, 2.24) is 29.2 Å². The molecule has 6 aromatic rings. The predicted molar refractivity (Wildman–Crippen MR) is 137 cm³/mol. The first-order valence-electron chi connectivity index (χ1n) is 11.4. The summed E-state index contributed by atoms with van der Waals surface area (Å²) in [6.07, 6.45) is 4.06. The Morgan fingerprint density at radius 2 is 1.60 bits per heavy atom. The monoisotopic (exact) mass is 459 g/mol. The third-order valence-electron chi connectivity index (χ3n) is 5.99. The highest BCUT2D eigenvalue weighted by molar-refractivity contribution is 6.04. The summed E-state index contributed by atoms with van der Waals surface area (Å²) in [6.45, 7) is 2.36. The predicted octanol–water partition coefficient (Wildman–Crippen LogP) is 4.12. The van der Waals surface area contributed by atoms with E-state index in [0.29, 0.717) is 45.8 Å². The van der Waals surface area contributed by atoms with Gasteiger partial charge in [0.25, 0.3) is 5.56 Å². The number of pyridine rings is 1. The van der Waals surface area contributed by atoms with E-state index in [0.717, 1.165) is 17.5 Å². The zero-order chi connectivity index (χ0) is 23.8.